The molecule has 0 bridgehead atoms. The van der Waals surface area contributed by atoms with E-state index in [-0.39, 0.29) is 18.7 Å². The molecule has 2 fully saturated rings. The number of carboxylic acids is 1. The molecule has 42 heavy (non-hydrogen) atoms. The molecule has 4 rings (SSSR count). The van der Waals surface area contributed by atoms with E-state index in [4.69, 9.17) is 9.84 Å². The van der Waals surface area contributed by atoms with Crippen molar-refractivity contribution in [2.45, 2.75) is 44.9 Å². The Bertz CT molecular complexity index is 1450. The van der Waals surface area contributed by atoms with Gasteiger partial charge < -0.3 is 24.5 Å². The quantitative estimate of drug-likeness (QED) is 0.465. The SMILES string of the molecule is C=C(/C=C\C(=C)N(C)C)C1=c2ccc(=C3CCN(C(=O)CCC(=O)O)CC3)cc2O/C=C/C(N2CCCCC2)=C\C=C1. The highest BCUT2D eigenvalue weighted by Gasteiger charge is 2.20. The number of piperidine rings is 2. The number of hydrogen-bond donors (Lipinski definition) is 1. The Morgan fingerprint density at radius 2 is 1.74 bits per heavy atom. The van der Waals surface area contributed by atoms with Crippen LogP contribution in [-0.2, 0) is 9.59 Å². The van der Waals surface area contributed by atoms with Crippen molar-refractivity contribution in [2.75, 3.05) is 40.3 Å². The van der Waals surface area contributed by atoms with Crippen molar-refractivity contribution in [2.24, 2.45) is 0 Å². The summed E-state index contributed by atoms with van der Waals surface area (Å²) < 4.78 is 6.35. The number of amides is 1. The molecular weight excluding hydrogens is 526 g/mol. The van der Waals surface area contributed by atoms with Gasteiger partial charge in [0.15, 0.2) is 0 Å². The molecule has 2 saturated heterocycles. The van der Waals surface area contributed by atoms with Gasteiger partial charge in [0, 0.05) is 63.3 Å². The van der Waals surface area contributed by atoms with Crippen LogP contribution in [0.15, 0.2) is 91.0 Å². The van der Waals surface area contributed by atoms with Crippen LogP contribution in [0.5, 0.6) is 5.75 Å². The first kappa shape index (κ1) is 30.7. The van der Waals surface area contributed by atoms with Crippen molar-refractivity contribution in [3.8, 4) is 5.75 Å². The Kier molecular flexibility index (Phi) is 10.7. The van der Waals surface area contributed by atoms with Gasteiger partial charge in [-0.25, -0.2) is 0 Å². The van der Waals surface area contributed by atoms with E-state index in [2.05, 4.69) is 54.5 Å². The van der Waals surface area contributed by atoms with Crippen molar-refractivity contribution in [3.05, 3.63) is 101 Å². The second-order valence-electron chi connectivity index (χ2n) is 11.2. The number of carboxylic acid groups (broad SMARTS) is 1. The number of carbonyl (C=O) groups excluding carboxylic acids is 1. The highest BCUT2D eigenvalue weighted by molar-refractivity contribution is 5.81. The summed E-state index contributed by atoms with van der Waals surface area (Å²) in [7, 11) is 3.92. The minimum absolute atomic E-state index is 0.0455. The van der Waals surface area contributed by atoms with Gasteiger partial charge in [-0.2, -0.15) is 0 Å². The van der Waals surface area contributed by atoms with Crippen LogP contribution in [0.4, 0.5) is 0 Å². The summed E-state index contributed by atoms with van der Waals surface area (Å²) in [6.07, 6.45) is 19.2. The number of fused-ring (bicyclic) bond motifs is 1. The minimum atomic E-state index is -0.945. The Labute approximate surface area is 249 Å². The summed E-state index contributed by atoms with van der Waals surface area (Å²) in [4.78, 5) is 29.4. The third-order valence-electron chi connectivity index (χ3n) is 8.03. The number of aliphatic carboxylic acids is 1. The number of nitrogens with zero attached hydrogens (tertiary/aromatic N) is 3. The van der Waals surface area contributed by atoms with Crippen molar-refractivity contribution >= 4 is 23.0 Å². The molecule has 3 aliphatic heterocycles. The minimum Gasteiger partial charge on any atom is -0.481 e. The highest BCUT2D eigenvalue weighted by Crippen LogP contribution is 2.21. The molecule has 0 aliphatic carbocycles. The summed E-state index contributed by atoms with van der Waals surface area (Å²) in [5.74, 6) is -0.293. The fourth-order valence-corrected chi connectivity index (χ4v) is 5.39. The Morgan fingerprint density at radius 1 is 1.00 bits per heavy atom. The van der Waals surface area contributed by atoms with Crippen molar-refractivity contribution in [1.29, 1.82) is 0 Å². The molecule has 1 amide bonds. The number of benzene rings is 1. The van der Waals surface area contributed by atoms with Gasteiger partial charge in [-0.15, -0.1) is 0 Å². The predicted molar refractivity (Wildman–Crippen MR) is 169 cm³/mol. The Hall–Kier alpha value is -4.26. The summed E-state index contributed by atoms with van der Waals surface area (Å²) in [6.45, 7) is 11.8. The van der Waals surface area contributed by atoms with Gasteiger partial charge in [0.1, 0.15) is 5.75 Å². The van der Waals surface area contributed by atoms with E-state index in [1.165, 1.54) is 24.8 Å². The number of likely N-dealkylation sites (N-methyl/N-ethyl adjacent to an activating group) is 1. The first-order valence-corrected chi connectivity index (χ1v) is 14.8. The number of allylic oxidation sites excluding steroid dienone is 7. The van der Waals surface area contributed by atoms with Crippen LogP contribution in [0.25, 0.3) is 11.1 Å². The first-order chi connectivity index (χ1) is 20.2. The normalized spacial score (nSPS) is 19.4. The predicted octanol–water partition coefficient (Wildman–Crippen LogP) is 4.50. The van der Waals surface area contributed by atoms with Crippen molar-refractivity contribution in [1.82, 2.24) is 14.7 Å². The first-order valence-electron chi connectivity index (χ1n) is 14.8. The number of likely N-dealkylation sites (tertiary alicyclic amines) is 2. The largest absolute Gasteiger partial charge is 0.481 e. The Balaban J connectivity index is 1.69. The lowest BCUT2D eigenvalue weighted by Gasteiger charge is -2.29. The molecule has 3 aliphatic rings. The van der Waals surface area contributed by atoms with Crippen molar-refractivity contribution < 1.29 is 19.4 Å². The van der Waals surface area contributed by atoms with Gasteiger partial charge in [0.05, 0.1) is 12.7 Å². The lowest BCUT2D eigenvalue weighted by atomic mass is 9.98. The van der Waals surface area contributed by atoms with E-state index in [0.29, 0.717) is 13.1 Å². The number of rotatable bonds is 8. The van der Waals surface area contributed by atoms with Gasteiger partial charge >= 0.3 is 5.97 Å². The molecule has 1 N–H and O–H groups in total. The van der Waals surface area contributed by atoms with Gasteiger partial charge in [-0.05, 0) is 72.8 Å². The van der Waals surface area contributed by atoms with E-state index in [1.807, 2.05) is 37.2 Å². The topological polar surface area (TPSA) is 73.3 Å². The zero-order valence-electron chi connectivity index (χ0n) is 25.0. The van der Waals surface area contributed by atoms with E-state index < -0.39 is 5.97 Å². The van der Waals surface area contributed by atoms with Crippen LogP contribution in [0, 0.1) is 0 Å². The second kappa shape index (κ2) is 14.6. The van der Waals surface area contributed by atoms with Crippen LogP contribution in [0.1, 0.15) is 44.9 Å². The average Bonchev–Trinajstić information content (AvgIpc) is 3.00. The van der Waals surface area contributed by atoms with Crippen molar-refractivity contribution in [3.63, 3.8) is 0 Å². The van der Waals surface area contributed by atoms with E-state index in [1.54, 1.807) is 11.2 Å². The molecule has 0 atom stereocenters. The summed E-state index contributed by atoms with van der Waals surface area (Å²) >= 11 is 0. The molecule has 0 saturated carbocycles. The molecule has 7 nitrogen and oxygen atoms in total. The van der Waals surface area contributed by atoms with Gasteiger partial charge in [-0.3, -0.25) is 9.59 Å². The van der Waals surface area contributed by atoms with E-state index >= 15 is 0 Å². The fourth-order valence-electron chi connectivity index (χ4n) is 5.39. The molecule has 0 radical (unpaired) electrons. The van der Waals surface area contributed by atoms with Gasteiger partial charge in [0.25, 0.3) is 0 Å². The van der Waals surface area contributed by atoms with E-state index in [0.717, 1.165) is 64.7 Å². The molecular formula is C35H43N3O4. The third-order valence-corrected chi connectivity index (χ3v) is 8.03. The lowest BCUT2D eigenvalue weighted by Crippen LogP contribution is -2.37. The fraction of sp³-hybridized carbons (Fsp3) is 0.371. The molecule has 0 unspecified atom stereocenters. The lowest BCUT2D eigenvalue weighted by molar-refractivity contribution is -0.141. The van der Waals surface area contributed by atoms with Crippen LogP contribution in [0.2, 0.25) is 0 Å². The summed E-state index contributed by atoms with van der Waals surface area (Å²) in [5.41, 5.74) is 5.09. The maximum absolute atomic E-state index is 12.4. The average molecular weight is 570 g/mol. The molecule has 1 aromatic rings. The van der Waals surface area contributed by atoms with E-state index in [9.17, 15) is 9.59 Å². The number of hydrogen-bond acceptors (Lipinski definition) is 5. The zero-order chi connectivity index (χ0) is 30.1. The third kappa shape index (κ3) is 8.15. The van der Waals surface area contributed by atoms with Crippen LogP contribution >= 0.6 is 0 Å². The monoisotopic (exact) mass is 569 g/mol. The zero-order valence-corrected chi connectivity index (χ0v) is 25.0. The number of ether oxygens (including phenoxy) is 1. The molecule has 1 aromatic carbocycles. The molecule has 0 aromatic heterocycles. The maximum atomic E-state index is 12.4. The maximum Gasteiger partial charge on any atom is 0.303 e. The standard InChI is InChI=1S/C35H43N3O4/c1-26(11-12-27(2)36(3)4)31-10-8-9-30(37-20-6-5-7-21-37)19-24-42-33-25-29(13-14-32(31)33)28-17-22-38(23-18-28)34(39)15-16-35(40)41/h8-14,19,24-25H,1-2,5-7,15-18,20-23H2,3-4H3,(H,40,41)/b10-8?,12-11-,24-19+,30-9+,32-31?. The molecule has 3 heterocycles. The summed E-state index contributed by atoms with van der Waals surface area (Å²) in [5, 5.41) is 10.9. The van der Waals surface area contributed by atoms with Crippen LogP contribution < -0.4 is 15.2 Å². The van der Waals surface area contributed by atoms with Gasteiger partial charge in [0.2, 0.25) is 5.91 Å². The number of carbonyl (C=O) groups is 2. The van der Waals surface area contributed by atoms with Gasteiger partial charge in [-0.1, -0.05) is 49.1 Å². The highest BCUT2D eigenvalue weighted by atomic mass is 16.5. The van der Waals surface area contributed by atoms with Crippen LogP contribution in [-0.4, -0.2) is 72.0 Å². The smallest absolute Gasteiger partial charge is 0.303 e. The Morgan fingerprint density at radius 3 is 2.43 bits per heavy atom. The second-order valence-corrected chi connectivity index (χ2v) is 11.2. The molecule has 0 spiro atoms. The summed E-state index contributed by atoms with van der Waals surface area (Å²) in [6, 6.07) is 6.30. The molecule has 222 valence electrons. The molecule has 7 heteroatoms. The van der Waals surface area contributed by atoms with Crippen LogP contribution in [0.3, 0.4) is 0 Å².